The van der Waals surface area contributed by atoms with Crippen molar-refractivity contribution in [2.75, 3.05) is 21.2 Å². The summed E-state index contributed by atoms with van der Waals surface area (Å²) in [5, 5.41) is 0. The van der Waals surface area contributed by atoms with Crippen LogP contribution >= 0.6 is 0 Å². The number of benzene rings is 1. The van der Waals surface area contributed by atoms with E-state index in [1.165, 1.54) is 26.2 Å². The summed E-state index contributed by atoms with van der Waals surface area (Å²) in [5.74, 6) is -0.590. The fraction of sp³-hybridized carbons (Fsp3) is 0.600. The first-order chi connectivity index (χ1) is 10.3. The SMILES string of the molecule is COc1ccc(S(=O)(=O)N[C@@H]2CC[C@H](N(C)C)C2)c(C)c1F. The van der Waals surface area contributed by atoms with Crippen molar-refractivity contribution in [3.63, 3.8) is 0 Å². The Morgan fingerprint density at radius 1 is 1.32 bits per heavy atom. The highest BCUT2D eigenvalue weighted by Crippen LogP contribution is 2.28. The molecule has 1 N–H and O–H groups in total. The summed E-state index contributed by atoms with van der Waals surface area (Å²) in [6.07, 6.45) is 2.51. The van der Waals surface area contributed by atoms with Crippen LogP contribution in [0.15, 0.2) is 17.0 Å². The van der Waals surface area contributed by atoms with E-state index < -0.39 is 15.8 Å². The Morgan fingerprint density at radius 2 is 2.00 bits per heavy atom. The molecule has 124 valence electrons. The van der Waals surface area contributed by atoms with Gasteiger partial charge in [0.1, 0.15) is 0 Å². The molecule has 1 aromatic rings. The van der Waals surface area contributed by atoms with Crippen molar-refractivity contribution in [1.82, 2.24) is 9.62 Å². The minimum Gasteiger partial charge on any atom is -0.494 e. The van der Waals surface area contributed by atoms with Crippen molar-refractivity contribution in [1.29, 1.82) is 0 Å². The lowest BCUT2D eigenvalue weighted by atomic mass is 10.2. The van der Waals surface area contributed by atoms with Crippen molar-refractivity contribution in [3.05, 3.63) is 23.5 Å². The Balaban J connectivity index is 2.20. The third-order valence-corrected chi connectivity index (χ3v) is 5.93. The number of nitrogens with zero attached hydrogens (tertiary/aromatic N) is 1. The zero-order chi connectivity index (χ0) is 16.5. The Labute approximate surface area is 131 Å². The molecule has 0 saturated heterocycles. The van der Waals surface area contributed by atoms with Gasteiger partial charge in [-0.3, -0.25) is 0 Å². The molecule has 1 saturated carbocycles. The topological polar surface area (TPSA) is 58.6 Å². The highest BCUT2D eigenvalue weighted by molar-refractivity contribution is 7.89. The van der Waals surface area contributed by atoms with Gasteiger partial charge < -0.3 is 9.64 Å². The Hall–Kier alpha value is -1.18. The third-order valence-electron chi connectivity index (χ3n) is 4.27. The quantitative estimate of drug-likeness (QED) is 0.896. The number of hydrogen-bond acceptors (Lipinski definition) is 4. The van der Waals surface area contributed by atoms with Crippen LogP contribution in [0.1, 0.15) is 24.8 Å². The van der Waals surface area contributed by atoms with Gasteiger partial charge in [0.25, 0.3) is 0 Å². The van der Waals surface area contributed by atoms with Crippen LogP contribution in [-0.2, 0) is 10.0 Å². The summed E-state index contributed by atoms with van der Waals surface area (Å²) < 4.78 is 46.6. The predicted molar refractivity (Wildman–Crippen MR) is 83.1 cm³/mol. The molecule has 0 spiro atoms. The lowest BCUT2D eigenvalue weighted by molar-refractivity contribution is 0.295. The van der Waals surface area contributed by atoms with Crippen LogP contribution in [0.25, 0.3) is 0 Å². The molecule has 0 aliphatic heterocycles. The average Bonchev–Trinajstić information content (AvgIpc) is 2.89. The summed E-state index contributed by atoms with van der Waals surface area (Å²) in [6.45, 7) is 1.45. The molecule has 0 radical (unpaired) electrons. The maximum Gasteiger partial charge on any atom is 0.241 e. The lowest BCUT2D eigenvalue weighted by Crippen LogP contribution is -2.35. The van der Waals surface area contributed by atoms with E-state index in [1.807, 2.05) is 14.1 Å². The summed E-state index contributed by atoms with van der Waals surface area (Å²) in [6, 6.07) is 3.00. The fourth-order valence-electron chi connectivity index (χ4n) is 2.91. The van der Waals surface area contributed by atoms with E-state index in [9.17, 15) is 12.8 Å². The van der Waals surface area contributed by atoms with Crippen LogP contribution in [0.2, 0.25) is 0 Å². The van der Waals surface area contributed by atoms with Crippen LogP contribution in [0.5, 0.6) is 5.75 Å². The summed E-state index contributed by atoms with van der Waals surface area (Å²) >= 11 is 0. The molecule has 1 aliphatic carbocycles. The van der Waals surface area contributed by atoms with Gasteiger partial charge in [-0.25, -0.2) is 17.5 Å². The predicted octanol–water partition coefficient (Wildman–Crippen LogP) is 1.90. The second-order valence-corrected chi connectivity index (χ2v) is 7.64. The van der Waals surface area contributed by atoms with E-state index in [2.05, 4.69) is 9.62 Å². The lowest BCUT2D eigenvalue weighted by Gasteiger charge is -2.19. The molecule has 0 amide bonds. The minimum atomic E-state index is -3.74. The van der Waals surface area contributed by atoms with Crippen LogP contribution in [0, 0.1) is 12.7 Å². The molecule has 1 aliphatic rings. The molecular formula is C15H23FN2O3S. The number of ether oxygens (including phenoxy) is 1. The summed E-state index contributed by atoms with van der Waals surface area (Å²) in [5.41, 5.74) is 0.0778. The van der Waals surface area contributed by atoms with Crippen LogP contribution in [0.3, 0.4) is 0 Å². The molecule has 7 heteroatoms. The van der Waals surface area contributed by atoms with E-state index >= 15 is 0 Å². The van der Waals surface area contributed by atoms with Crippen LogP contribution < -0.4 is 9.46 Å². The van der Waals surface area contributed by atoms with E-state index in [-0.39, 0.29) is 22.3 Å². The number of methoxy groups -OCH3 is 1. The van der Waals surface area contributed by atoms with Crippen molar-refractivity contribution < 1.29 is 17.5 Å². The molecule has 0 heterocycles. The second kappa shape index (κ2) is 6.52. The molecule has 0 bridgehead atoms. The molecule has 2 rings (SSSR count). The monoisotopic (exact) mass is 330 g/mol. The van der Waals surface area contributed by atoms with E-state index in [0.29, 0.717) is 6.04 Å². The van der Waals surface area contributed by atoms with Crippen LogP contribution in [0.4, 0.5) is 4.39 Å². The van der Waals surface area contributed by atoms with Gasteiger partial charge in [-0.1, -0.05) is 0 Å². The molecule has 1 fully saturated rings. The molecule has 2 atom stereocenters. The first kappa shape index (κ1) is 17.2. The second-order valence-electron chi connectivity index (χ2n) is 5.95. The number of nitrogens with one attached hydrogen (secondary N) is 1. The maximum atomic E-state index is 14.1. The largest absolute Gasteiger partial charge is 0.494 e. The maximum absolute atomic E-state index is 14.1. The average molecular weight is 330 g/mol. The zero-order valence-corrected chi connectivity index (χ0v) is 14.2. The van der Waals surface area contributed by atoms with Gasteiger partial charge in [0.05, 0.1) is 12.0 Å². The normalized spacial score (nSPS) is 22.3. The van der Waals surface area contributed by atoms with Crippen molar-refractivity contribution >= 4 is 10.0 Å². The highest BCUT2D eigenvalue weighted by Gasteiger charge is 2.31. The molecule has 0 unspecified atom stereocenters. The standard InChI is InChI=1S/C15H23FN2O3S/c1-10-14(8-7-13(21-4)15(10)16)22(19,20)17-11-5-6-12(9-11)18(2)3/h7-8,11-12,17H,5-6,9H2,1-4H3/t11-,12+/m1/s1. The van der Waals surface area contributed by atoms with Crippen molar-refractivity contribution in [2.45, 2.75) is 43.2 Å². The Morgan fingerprint density at radius 3 is 2.55 bits per heavy atom. The molecule has 5 nitrogen and oxygen atoms in total. The van der Waals surface area contributed by atoms with E-state index in [4.69, 9.17) is 4.74 Å². The van der Waals surface area contributed by atoms with Gasteiger partial charge in [-0.15, -0.1) is 0 Å². The molecule has 0 aromatic heterocycles. The number of sulfonamides is 1. The summed E-state index contributed by atoms with van der Waals surface area (Å²) in [7, 11) is 1.60. The number of halogens is 1. The first-order valence-electron chi connectivity index (χ1n) is 7.28. The van der Waals surface area contributed by atoms with E-state index in [1.54, 1.807) is 0 Å². The zero-order valence-electron chi connectivity index (χ0n) is 13.4. The molecule has 1 aromatic carbocycles. The van der Waals surface area contributed by atoms with Gasteiger partial charge in [-0.05, 0) is 52.4 Å². The minimum absolute atomic E-state index is 0.0286. The van der Waals surface area contributed by atoms with Crippen LogP contribution in [-0.4, -0.2) is 46.6 Å². The molecule has 22 heavy (non-hydrogen) atoms. The Kier molecular flexibility index (Phi) is 5.09. The van der Waals surface area contributed by atoms with Gasteiger partial charge in [0.2, 0.25) is 10.0 Å². The first-order valence-corrected chi connectivity index (χ1v) is 8.76. The van der Waals surface area contributed by atoms with Gasteiger partial charge in [-0.2, -0.15) is 0 Å². The van der Waals surface area contributed by atoms with E-state index in [0.717, 1.165) is 19.3 Å². The Bertz CT molecular complexity index is 646. The van der Waals surface area contributed by atoms with Gasteiger partial charge >= 0.3 is 0 Å². The number of rotatable bonds is 5. The fourth-order valence-corrected chi connectivity index (χ4v) is 4.43. The highest BCUT2D eigenvalue weighted by atomic mass is 32.2. The van der Waals surface area contributed by atoms with Gasteiger partial charge in [0.15, 0.2) is 11.6 Å². The number of hydrogen-bond donors (Lipinski definition) is 1. The summed E-state index contributed by atoms with van der Waals surface area (Å²) in [4.78, 5) is 2.08. The van der Waals surface area contributed by atoms with Gasteiger partial charge in [0, 0.05) is 17.6 Å². The van der Waals surface area contributed by atoms with Crippen molar-refractivity contribution in [3.8, 4) is 5.75 Å². The molecular weight excluding hydrogens is 307 g/mol. The van der Waals surface area contributed by atoms with Crippen molar-refractivity contribution in [2.24, 2.45) is 0 Å². The third kappa shape index (κ3) is 3.42. The smallest absolute Gasteiger partial charge is 0.241 e.